The van der Waals surface area contributed by atoms with Gasteiger partial charge in [0.05, 0.1) is 11.2 Å². The van der Waals surface area contributed by atoms with Gasteiger partial charge in [0.25, 0.3) is 10.0 Å². The molecule has 1 aliphatic heterocycles. The zero-order valence-electron chi connectivity index (χ0n) is 11.0. The molecule has 0 amide bonds. The first-order valence-corrected chi connectivity index (χ1v) is 8.99. The number of sulfonamides is 1. The molecule has 1 unspecified atom stereocenters. The van der Waals surface area contributed by atoms with E-state index in [1.165, 1.54) is 36.8 Å². The van der Waals surface area contributed by atoms with E-state index in [0.717, 1.165) is 24.4 Å². The number of aryl methyl sites for hydroxylation is 1. The standard InChI is InChI=1S/C12H19N3O2S2/c1-9-13-8-11(18-9)19(16,17)15-10-3-6-14-12(7-10)4-2-5-12/h8,10,14-15H,2-7H2,1H3. The number of hydrogen-bond acceptors (Lipinski definition) is 5. The van der Waals surface area contributed by atoms with E-state index >= 15 is 0 Å². The summed E-state index contributed by atoms with van der Waals surface area (Å²) in [4.78, 5) is 4.02. The molecule has 1 aromatic heterocycles. The average Bonchev–Trinajstić information content (AvgIpc) is 2.74. The highest BCUT2D eigenvalue weighted by molar-refractivity contribution is 7.91. The summed E-state index contributed by atoms with van der Waals surface area (Å²) < 4.78 is 27.7. The van der Waals surface area contributed by atoms with Gasteiger partial charge in [0.1, 0.15) is 0 Å². The molecule has 2 N–H and O–H groups in total. The first-order chi connectivity index (χ1) is 8.99. The van der Waals surface area contributed by atoms with Crippen molar-refractivity contribution in [3.05, 3.63) is 11.2 Å². The monoisotopic (exact) mass is 301 g/mol. The Morgan fingerprint density at radius 2 is 2.32 bits per heavy atom. The first kappa shape index (κ1) is 13.5. The number of hydrogen-bond donors (Lipinski definition) is 2. The van der Waals surface area contributed by atoms with Crippen LogP contribution in [0.25, 0.3) is 0 Å². The van der Waals surface area contributed by atoms with Crippen LogP contribution < -0.4 is 10.0 Å². The van der Waals surface area contributed by atoms with Crippen molar-refractivity contribution in [2.45, 2.75) is 54.8 Å². The van der Waals surface area contributed by atoms with Gasteiger partial charge in [0, 0.05) is 11.6 Å². The first-order valence-electron chi connectivity index (χ1n) is 6.69. The third-order valence-electron chi connectivity index (χ3n) is 4.13. The van der Waals surface area contributed by atoms with E-state index in [9.17, 15) is 8.42 Å². The second-order valence-electron chi connectivity index (χ2n) is 5.57. The lowest BCUT2D eigenvalue weighted by molar-refractivity contribution is 0.126. The molecule has 1 spiro atoms. The Labute approximate surface area is 117 Å². The van der Waals surface area contributed by atoms with Crippen molar-refractivity contribution in [2.24, 2.45) is 0 Å². The molecule has 0 aromatic carbocycles. The summed E-state index contributed by atoms with van der Waals surface area (Å²) in [5, 5.41) is 4.33. The van der Waals surface area contributed by atoms with Crippen LogP contribution in [0.3, 0.4) is 0 Å². The smallest absolute Gasteiger partial charge is 0.251 e. The third-order valence-corrected chi connectivity index (χ3v) is 7.02. The molecule has 1 aromatic rings. The minimum Gasteiger partial charge on any atom is -0.311 e. The largest absolute Gasteiger partial charge is 0.311 e. The minimum atomic E-state index is -3.40. The molecule has 5 nitrogen and oxygen atoms in total. The van der Waals surface area contributed by atoms with E-state index in [1.807, 2.05) is 6.92 Å². The number of thiazole rings is 1. The third kappa shape index (κ3) is 2.69. The molecule has 0 radical (unpaired) electrons. The second kappa shape index (κ2) is 4.80. The van der Waals surface area contributed by atoms with Gasteiger partial charge in [-0.2, -0.15) is 0 Å². The number of piperidine rings is 1. The highest BCUT2D eigenvalue weighted by atomic mass is 32.2. The Kier molecular flexibility index (Phi) is 3.41. The van der Waals surface area contributed by atoms with Crippen LogP contribution in [0.1, 0.15) is 37.1 Å². The van der Waals surface area contributed by atoms with Crippen LogP contribution in [0, 0.1) is 6.92 Å². The van der Waals surface area contributed by atoms with Crippen molar-refractivity contribution in [2.75, 3.05) is 6.54 Å². The maximum atomic E-state index is 12.3. The zero-order chi connectivity index (χ0) is 13.5. The molecule has 2 aliphatic rings. The van der Waals surface area contributed by atoms with E-state index in [0.29, 0.717) is 4.21 Å². The second-order valence-corrected chi connectivity index (χ2v) is 8.75. The van der Waals surface area contributed by atoms with Crippen molar-refractivity contribution < 1.29 is 8.42 Å². The van der Waals surface area contributed by atoms with Gasteiger partial charge in [0.2, 0.25) is 0 Å². The van der Waals surface area contributed by atoms with Crippen molar-refractivity contribution >= 4 is 21.4 Å². The fourth-order valence-corrected chi connectivity index (χ4v) is 5.38. The average molecular weight is 301 g/mol. The lowest BCUT2D eigenvalue weighted by atomic mass is 9.70. The maximum Gasteiger partial charge on any atom is 0.251 e. The van der Waals surface area contributed by atoms with Gasteiger partial charge in [-0.05, 0) is 45.6 Å². The lowest BCUT2D eigenvalue weighted by Crippen LogP contribution is -2.59. The lowest BCUT2D eigenvalue weighted by Gasteiger charge is -2.48. The van der Waals surface area contributed by atoms with Crippen molar-refractivity contribution in [3.8, 4) is 0 Å². The molecule has 1 saturated carbocycles. The Balaban J connectivity index is 1.70. The van der Waals surface area contributed by atoms with E-state index in [1.54, 1.807) is 0 Å². The number of rotatable bonds is 3. The molecule has 2 fully saturated rings. The Morgan fingerprint density at radius 1 is 1.53 bits per heavy atom. The normalized spacial score (nSPS) is 26.3. The molecule has 106 valence electrons. The van der Waals surface area contributed by atoms with E-state index in [-0.39, 0.29) is 11.6 Å². The van der Waals surface area contributed by atoms with Crippen molar-refractivity contribution in [3.63, 3.8) is 0 Å². The van der Waals surface area contributed by atoms with Crippen LogP contribution in [0.5, 0.6) is 0 Å². The SMILES string of the molecule is Cc1ncc(S(=O)(=O)NC2CCNC3(CCC3)C2)s1. The van der Waals surface area contributed by atoms with Crippen molar-refractivity contribution in [1.29, 1.82) is 0 Å². The molecule has 1 atom stereocenters. The van der Waals surface area contributed by atoms with Gasteiger partial charge in [0.15, 0.2) is 4.21 Å². The summed E-state index contributed by atoms with van der Waals surface area (Å²) in [5.74, 6) is 0. The van der Waals surface area contributed by atoms with Crippen LogP contribution in [0.2, 0.25) is 0 Å². The topological polar surface area (TPSA) is 71.1 Å². The molecule has 7 heteroatoms. The van der Waals surface area contributed by atoms with E-state index < -0.39 is 10.0 Å². The number of aromatic nitrogens is 1. The van der Waals surface area contributed by atoms with E-state index in [4.69, 9.17) is 0 Å². The van der Waals surface area contributed by atoms with Gasteiger partial charge in [-0.25, -0.2) is 18.1 Å². The highest BCUT2D eigenvalue weighted by Crippen LogP contribution is 2.38. The van der Waals surface area contributed by atoms with Crippen LogP contribution in [0.15, 0.2) is 10.4 Å². The van der Waals surface area contributed by atoms with Crippen LogP contribution in [0.4, 0.5) is 0 Å². The summed E-state index contributed by atoms with van der Waals surface area (Å²) in [6, 6.07) is 0.0500. The maximum absolute atomic E-state index is 12.3. The molecule has 1 saturated heterocycles. The molecule has 3 rings (SSSR count). The number of nitrogens with one attached hydrogen (secondary N) is 2. The minimum absolute atomic E-state index is 0.0500. The predicted molar refractivity (Wildman–Crippen MR) is 74.8 cm³/mol. The van der Waals surface area contributed by atoms with Gasteiger partial charge < -0.3 is 5.32 Å². The Bertz CT molecular complexity index is 563. The summed E-state index contributed by atoms with van der Waals surface area (Å²) in [7, 11) is -3.40. The summed E-state index contributed by atoms with van der Waals surface area (Å²) in [5.41, 5.74) is 0.203. The molecular weight excluding hydrogens is 282 g/mol. The van der Waals surface area contributed by atoms with Gasteiger partial charge in [-0.15, -0.1) is 11.3 Å². The Hall–Kier alpha value is -0.500. The number of nitrogens with zero attached hydrogens (tertiary/aromatic N) is 1. The van der Waals surface area contributed by atoms with Crippen molar-refractivity contribution in [1.82, 2.24) is 15.0 Å². The van der Waals surface area contributed by atoms with Gasteiger partial charge in [-0.1, -0.05) is 0 Å². The van der Waals surface area contributed by atoms with Gasteiger partial charge >= 0.3 is 0 Å². The molecule has 0 bridgehead atoms. The van der Waals surface area contributed by atoms with E-state index in [2.05, 4.69) is 15.0 Å². The van der Waals surface area contributed by atoms with Gasteiger partial charge in [-0.3, -0.25) is 0 Å². The van der Waals surface area contributed by atoms with Crippen LogP contribution in [-0.2, 0) is 10.0 Å². The fraction of sp³-hybridized carbons (Fsp3) is 0.750. The summed E-state index contributed by atoms with van der Waals surface area (Å²) in [6.45, 7) is 2.71. The predicted octanol–water partition coefficient (Wildman–Crippen LogP) is 1.40. The molecule has 1 aliphatic carbocycles. The highest BCUT2D eigenvalue weighted by Gasteiger charge is 2.41. The summed E-state index contributed by atoms with van der Waals surface area (Å²) in [6.07, 6.45) is 6.81. The molecular formula is C12H19N3O2S2. The van der Waals surface area contributed by atoms with Crippen LogP contribution in [-0.4, -0.2) is 31.5 Å². The molecule has 19 heavy (non-hydrogen) atoms. The molecule has 2 heterocycles. The Morgan fingerprint density at radius 3 is 2.89 bits per heavy atom. The fourth-order valence-electron chi connectivity index (χ4n) is 2.99. The summed E-state index contributed by atoms with van der Waals surface area (Å²) >= 11 is 1.23. The van der Waals surface area contributed by atoms with Crippen LogP contribution >= 0.6 is 11.3 Å². The quantitative estimate of drug-likeness (QED) is 0.885. The zero-order valence-corrected chi connectivity index (χ0v) is 12.6.